The van der Waals surface area contributed by atoms with E-state index in [2.05, 4.69) is 25.1 Å². The van der Waals surface area contributed by atoms with Crippen LogP contribution < -0.4 is 45.9 Å². The maximum Gasteiger partial charge on any atom is 1.00 e. The molecule has 164 valence electrons. The summed E-state index contributed by atoms with van der Waals surface area (Å²) in [7, 11) is -4.71. The Morgan fingerprint density at radius 1 is 1.27 bits per heavy atom. The number of carbonyl (C=O) groups excluding carboxylic acids is 3. The summed E-state index contributed by atoms with van der Waals surface area (Å²) in [4.78, 5) is 41.7. The van der Waals surface area contributed by atoms with Crippen molar-refractivity contribution in [3.05, 3.63) is 37.0 Å². The van der Waals surface area contributed by atoms with E-state index >= 15 is 0 Å². The Hall–Kier alpha value is -1.99. The standard InChI is InChI=1S/C10H16N2O5S.C4H7NO.C3H4O2.Na/c1-5(2)10(18(15,16)17)12-9(14)7(4)6(3)8(11)13;6-4-2-1-3-5-4;1-2-3(4)5;/h5,10H,3-4H2,1-2H3,(H2,11,13)(H,12,14)(H,15,16,17);1-3H2,(H,5,6);2H,1H2,(H,4,5);/q;;;+1/p-1. The van der Waals surface area contributed by atoms with E-state index in [0.29, 0.717) is 0 Å². The van der Waals surface area contributed by atoms with Gasteiger partial charge in [-0.1, -0.05) is 33.6 Å². The molecule has 3 amide bonds. The number of primary amides is 1. The van der Waals surface area contributed by atoms with Gasteiger partial charge in [-0.15, -0.1) is 0 Å². The first-order chi connectivity index (χ1) is 13.1. The van der Waals surface area contributed by atoms with Gasteiger partial charge in [0, 0.05) is 30.2 Å². The molecule has 13 heteroatoms. The summed E-state index contributed by atoms with van der Waals surface area (Å²) in [6, 6.07) is 0. The number of amides is 3. The second kappa shape index (κ2) is 15.8. The minimum atomic E-state index is -4.71. The van der Waals surface area contributed by atoms with Crippen LogP contribution in [-0.4, -0.2) is 53.7 Å². The van der Waals surface area contributed by atoms with Gasteiger partial charge >= 0.3 is 35.5 Å². The van der Waals surface area contributed by atoms with Gasteiger partial charge in [0.15, 0.2) is 0 Å². The molecule has 1 aliphatic heterocycles. The molecule has 0 aliphatic carbocycles. The molecule has 1 fully saturated rings. The summed E-state index contributed by atoms with van der Waals surface area (Å²) in [6.07, 6.45) is 2.60. The summed E-state index contributed by atoms with van der Waals surface area (Å²) < 4.78 is 32.8. The van der Waals surface area contributed by atoms with Crippen LogP contribution in [0.5, 0.6) is 0 Å². The molecule has 1 atom stereocenters. The Balaban J connectivity index is -0.000000493. The van der Waals surface area contributed by atoms with E-state index in [0.717, 1.165) is 25.5 Å². The number of carbonyl (C=O) groups is 4. The molecule has 0 radical (unpaired) electrons. The van der Waals surface area contributed by atoms with Crippen LogP contribution in [0.4, 0.5) is 0 Å². The largest absolute Gasteiger partial charge is 1.00 e. The first-order valence-corrected chi connectivity index (χ1v) is 9.67. The number of carboxylic acid groups (broad SMARTS) is 1. The first-order valence-electron chi connectivity index (χ1n) is 8.20. The van der Waals surface area contributed by atoms with Crippen molar-refractivity contribution in [3.63, 3.8) is 0 Å². The van der Waals surface area contributed by atoms with Gasteiger partial charge in [0.25, 0.3) is 5.91 Å². The molecule has 0 aromatic rings. The Labute approximate surface area is 197 Å². The number of rotatable bonds is 7. The predicted molar refractivity (Wildman–Crippen MR) is 104 cm³/mol. The van der Waals surface area contributed by atoms with Gasteiger partial charge in [0.05, 0.1) is 0 Å². The second-order valence-electron chi connectivity index (χ2n) is 5.95. The van der Waals surface area contributed by atoms with Crippen molar-refractivity contribution >= 4 is 33.8 Å². The third kappa shape index (κ3) is 14.9. The van der Waals surface area contributed by atoms with Crippen LogP contribution in [0.15, 0.2) is 37.0 Å². The Morgan fingerprint density at radius 3 is 1.93 bits per heavy atom. The fourth-order valence-corrected chi connectivity index (χ4v) is 2.56. The topological polar surface area (TPSA) is 196 Å². The molecule has 1 rings (SSSR count). The minimum Gasteiger partial charge on any atom is -0.746 e. The van der Waals surface area contributed by atoms with E-state index in [9.17, 15) is 32.1 Å². The van der Waals surface area contributed by atoms with Gasteiger partial charge in [-0.05, 0) is 12.3 Å². The van der Waals surface area contributed by atoms with Gasteiger partial charge in [-0.3, -0.25) is 14.4 Å². The van der Waals surface area contributed by atoms with Crippen molar-refractivity contribution in [2.24, 2.45) is 11.7 Å². The van der Waals surface area contributed by atoms with Gasteiger partial charge in [-0.2, -0.15) is 0 Å². The number of hydrogen-bond acceptors (Lipinski definition) is 7. The van der Waals surface area contributed by atoms with E-state index in [4.69, 9.17) is 10.8 Å². The van der Waals surface area contributed by atoms with Crippen LogP contribution in [0.3, 0.4) is 0 Å². The van der Waals surface area contributed by atoms with Crippen LogP contribution >= 0.6 is 0 Å². The van der Waals surface area contributed by atoms with Crippen molar-refractivity contribution in [1.29, 1.82) is 0 Å². The number of aliphatic carboxylic acids is 1. The van der Waals surface area contributed by atoms with Gasteiger partial charge in [-0.25, -0.2) is 13.2 Å². The second-order valence-corrected chi connectivity index (χ2v) is 7.44. The zero-order valence-corrected chi connectivity index (χ0v) is 20.1. The van der Waals surface area contributed by atoms with Crippen molar-refractivity contribution in [1.82, 2.24) is 10.6 Å². The van der Waals surface area contributed by atoms with E-state index in [1.807, 2.05) is 5.32 Å². The average Bonchev–Trinajstić information content (AvgIpc) is 3.08. The fraction of sp³-hybridized carbons (Fsp3) is 0.412. The molecule has 1 aliphatic rings. The predicted octanol–water partition coefficient (Wildman–Crippen LogP) is -3.61. The molecular formula is C17H26N3NaO8S. The summed E-state index contributed by atoms with van der Waals surface area (Å²) in [6.45, 7) is 13.2. The quantitative estimate of drug-likeness (QED) is 0.131. The molecule has 0 aromatic carbocycles. The number of carboxylic acids is 1. The first kappa shape index (κ1) is 32.7. The zero-order valence-electron chi connectivity index (χ0n) is 17.3. The monoisotopic (exact) mass is 455 g/mol. The maximum absolute atomic E-state index is 11.6. The number of hydrogen-bond donors (Lipinski definition) is 4. The molecule has 0 bridgehead atoms. The van der Waals surface area contributed by atoms with Gasteiger partial charge in [0.1, 0.15) is 15.5 Å². The molecule has 0 spiro atoms. The third-order valence-corrected chi connectivity index (χ3v) is 4.49. The average molecular weight is 455 g/mol. The van der Waals surface area contributed by atoms with Crippen molar-refractivity contribution in [3.8, 4) is 0 Å². The molecule has 30 heavy (non-hydrogen) atoms. The van der Waals surface area contributed by atoms with Crippen LogP contribution in [-0.2, 0) is 29.3 Å². The molecule has 11 nitrogen and oxygen atoms in total. The molecule has 0 aromatic heterocycles. The number of nitrogens with two attached hydrogens (primary N) is 1. The maximum atomic E-state index is 11.6. The third-order valence-electron chi connectivity index (χ3n) is 3.20. The van der Waals surface area contributed by atoms with E-state index in [1.165, 1.54) is 13.8 Å². The van der Waals surface area contributed by atoms with E-state index in [-0.39, 0.29) is 46.6 Å². The van der Waals surface area contributed by atoms with E-state index in [1.54, 1.807) is 0 Å². The molecule has 5 N–H and O–H groups in total. The van der Waals surface area contributed by atoms with Crippen molar-refractivity contribution in [2.75, 3.05) is 6.54 Å². The van der Waals surface area contributed by atoms with E-state index < -0.39 is 39.2 Å². The van der Waals surface area contributed by atoms with Gasteiger partial charge in [0.2, 0.25) is 11.8 Å². The smallest absolute Gasteiger partial charge is 0.746 e. The normalized spacial score (nSPS) is 13.0. The van der Waals surface area contributed by atoms with Gasteiger partial charge < -0.3 is 26.0 Å². The van der Waals surface area contributed by atoms with Crippen LogP contribution in [0.2, 0.25) is 0 Å². The van der Waals surface area contributed by atoms with Crippen molar-refractivity contribution < 1.29 is 66.8 Å². The molecule has 1 heterocycles. The SMILES string of the molecule is C=C(C(=C)C(=O)NC(C(C)C)S(=O)(=O)[O-])C(N)=O.C=CC(=O)O.O=C1CCCN1.[Na+]. The van der Waals surface area contributed by atoms with Crippen molar-refractivity contribution in [2.45, 2.75) is 32.1 Å². The fourth-order valence-electron chi connectivity index (χ4n) is 1.64. The summed E-state index contributed by atoms with van der Waals surface area (Å²) >= 11 is 0. The summed E-state index contributed by atoms with van der Waals surface area (Å²) in [5.41, 5.74) is 4.17. The Morgan fingerprint density at radius 2 is 1.73 bits per heavy atom. The van der Waals surface area contributed by atoms with Crippen LogP contribution in [0, 0.1) is 5.92 Å². The zero-order chi connectivity index (χ0) is 23.4. The Kier molecular flexibility index (Phi) is 17.2. The summed E-state index contributed by atoms with van der Waals surface area (Å²) in [5, 5.41) is 10.7. The molecule has 1 unspecified atom stereocenters. The Bertz CT molecular complexity index is 770. The van der Waals surface area contributed by atoms with Crippen LogP contribution in [0.1, 0.15) is 26.7 Å². The molecule has 0 saturated carbocycles. The molecular weight excluding hydrogens is 429 g/mol. The minimum absolute atomic E-state index is 0. The van der Waals surface area contributed by atoms with Crippen LogP contribution in [0.25, 0.3) is 0 Å². The summed E-state index contributed by atoms with van der Waals surface area (Å²) in [5.74, 6) is -3.34. The molecule has 1 saturated heterocycles. The number of nitrogens with one attached hydrogen (secondary N) is 2.